The molecule has 1 atom stereocenters. The summed E-state index contributed by atoms with van der Waals surface area (Å²) >= 11 is 0. The van der Waals surface area contributed by atoms with Crippen LogP contribution in [0, 0.1) is 0 Å². The molecule has 1 N–H and O–H groups in total. The van der Waals surface area contributed by atoms with E-state index < -0.39 is 0 Å². The van der Waals surface area contributed by atoms with Gasteiger partial charge >= 0.3 is 0 Å². The van der Waals surface area contributed by atoms with Crippen LogP contribution >= 0.6 is 0 Å². The predicted molar refractivity (Wildman–Crippen MR) is 70.3 cm³/mol. The van der Waals surface area contributed by atoms with Crippen LogP contribution in [0.25, 0.3) is 0 Å². The minimum atomic E-state index is 0.657. The van der Waals surface area contributed by atoms with Gasteiger partial charge in [0.1, 0.15) is 0 Å². The Hall–Kier alpha value is -0.870. The number of hydrogen-bond donors (Lipinski definition) is 1. The zero-order chi connectivity index (χ0) is 11.9. The lowest BCUT2D eigenvalue weighted by molar-refractivity contribution is 0.312. The SMILES string of the molecule is c1ncn(C2CCN(C3CC3)C2)c1CNC1CC1. The second-order valence-corrected chi connectivity index (χ2v) is 6.12. The first-order chi connectivity index (χ1) is 8.90. The molecule has 4 nitrogen and oxygen atoms in total. The lowest BCUT2D eigenvalue weighted by Gasteiger charge is -2.17. The molecule has 98 valence electrons. The van der Waals surface area contributed by atoms with E-state index in [1.807, 2.05) is 12.5 Å². The van der Waals surface area contributed by atoms with Crippen molar-refractivity contribution >= 4 is 0 Å². The van der Waals surface area contributed by atoms with Crippen LogP contribution in [-0.4, -0.2) is 39.6 Å². The number of rotatable bonds is 5. The zero-order valence-electron chi connectivity index (χ0n) is 10.9. The molecule has 2 saturated carbocycles. The van der Waals surface area contributed by atoms with E-state index in [2.05, 4.69) is 19.8 Å². The van der Waals surface area contributed by atoms with Crippen LogP contribution in [-0.2, 0) is 6.54 Å². The van der Waals surface area contributed by atoms with Gasteiger partial charge in [0, 0.05) is 44.0 Å². The van der Waals surface area contributed by atoms with Crippen molar-refractivity contribution < 1.29 is 0 Å². The average Bonchev–Trinajstić information content (AvgIpc) is 3.30. The summed E-state index contributed by atoms with van der Waals surface area (Å²) in [5, 5.41) is 3.59. The molecular formula is C14H22N4. The summed E-state index contributed by atoms with van der Waals surface area (Å²) < 4.78 is 2.41. The first-order valence-electron chi connectivity index (χ1n) is 7.38. The molecule has 1 unspecified atom stereocenters. The maximum absolute atomic E-state index is 4.36. The largest absolute Gasteiger partial charge is 0.329 e. The fourth-order valence-electron chi connectivity index (χ4n) is 3.10. The zero-order valence-corrected chi connectivity index (χ0v) is 10.9. The minimum Gasteiger partial charge on any atom is -0.329 e. The van der Waals surface area contributed by atoms with Gasteiger partial charge in [0.2, 0.25) is 0 Å². The van der Waals surface area contributed by atoms with Crippen molar-refractivity contribution in [3.05, 3.63) is 18.2 Å². The molecule has 0 spiro atoms. The summed E-state index contributed by atoms with van der Waals surface area (Å²) in [4.78, 5) is 7.02. The summed E-state index contributed by atoms with van der Waals surface area (Å²) in [7, 11) is 0. The lowest BCUT2D eigenvalue weighted by Crippen LogP contribution is -2.25. The van der Waals surface area contributed by atoms with Crippen molar-refractivity contribution in [1.82, 2.24) is 19.8 Å². The fraction of sp³-hybridized carbons (Fsp3) is 0.786. The van der Waals surface area contributed by atoms with Gasteiger partial charge in [-0.25, -0.2) is 4.98 Å². The Kier molecular flexibility index (Phi) is 2.66. The van der Waals surface area contributed by atoms with E-state index in [1.165, 1.54) is 50.9 Å². The van der Waals surface area contributed by atoms with Crippen LogP contribution in [0.5, 0.6) is 0 Å². The van der Waals surface area contributed by atoms with Crippen LogP contribution < -0.4 is 5.32 Å². The predicted octanol–water partition coefficient (Wildman–Crippen LogP) is 1.54. The molecule has 3 fully saturated rings. The third-order valence-corrected chi connectivity index (χ3v) is 4.55. The van der Waals surface area contributed by atoms with E-state index >= 15 is 0 Å². The van der Waals surface area contributed by atoms with Crippen LogP contribution in [0.15, 0.2) is 12.5 Å². The first-order valence-corrected chi connectivity index (χ1v) is 7.38. The van der Waals surface area contributed by atoms with Crippen LogP contribution in [0.3, 0.4) is 0 Å². The number of imidazole rings is 1. The molecule has 0 aromatic carbocycles. The fourth-order valence-corrected chi connectivity index (χ4v) is 3.10. The molecule has 2 heterocycles. The minimum absolute atomic E-state index is 0.657. The number of likely N-dealkylation sites (tertiary alicyclic amines) is 1. The number of nitrogens with one attached hydrogen (secondary N) is 1. The summed E-state index contributed by atoms with van der Waals surface area (Å²) in [6.07, 6.45) is 10.9. The summed E-state index contributed by atoms with van der Waals surface area (Å²) in [6.45, 7) is 3.51. The molecule has 4 heteroatoms. The number of aromatic nitrogens is 2. The highest BCUT2D eigenvalue weighted by atomic mass is 15.3. The molecular weight excluding hydrogens is 224 g/mol. The molecule has 1 aliphatic heterocycles. The highest BCUT2D eigenvalue weighted by molar-refractivity contribution is 5.04. The van der Waals surface area contributed by atoms with E-state index in [1.54, 1.807) is 0 Å². The smallest absolute Gasteiger partial charge is 0.0951 e. The Morgan fingerprint density at radius 1 is 1.17 bits per heavy atom. The van der Waals surface area contributed by atoms with Gasteiger partial charge in [-0.05, 0) is 32.1 Å². The Labute approximate surface area is 108 Å². The molecule has 2 aliphatic carbocycles. The topological polar surface area (TPSA) is 33.1 Å². The Bertz CT molecular complexity index is 419. The molecule has 0 bridgehead atoms. The van der Waals surface area contributed by atoms with E-state index in [0.717, 1.165) is 18.6 Å². The monoisotopic (exact) mass is 246 g/mol. The van der Waals surface area contributed by atoms with Gasteiger partial charge in [-0.15, -0.1) is 0 Å². The Balaban J connectivity index is 1.41. The van der Waals surface area contributed by atoms with E-state index in [4.69, 9.17) is 0 Å². The number of hydrogen-bond acceptors (Lipinski definition) is 3. The summed E-state index contributed by atoms with van der Waals surface area (Å²) in [5.74, 6) is 0. The molecule has 3 aliphatic rings. The Morgan fingerprint density at radius 2 is 2.06 bits per heavy atom. The quantitative estimate of drug-likeness (QED) is 0.855. The maximum Gasteiger partial charge on any atom is 0.0951 e. The molecule has 4 rings (SSSR count). The second-order valence-electron chi connectivity index (χ2n) is 6.12. The van der Waals surface area contributed by atoms with Crippen molar-refractivity contribution in [1.29, 1.82) is 0 Å². The van der Waals surface area contributed by atoms with Crippen molar-refractivity contribution in [3.63, 3.8) is 0 Å². The normalized spacial score (nSPS) is 29.0. The van der Waals surface area contributed by atoms with E-state index in [-0.39, 0.29) is 0 Å². The van der Waals surface area contributed by atoms with E-state index in [9.17, 15) is 0 Å². The summed E-state index contributed by atoms with van der Waals surface area (Å²) in [6, 6.07) is 2.34. The second kappa shape index (κ2) is 4.35. The standard InChI is InChI=1S/C14H22N4/c1-2-11(1)16-8-14-7-15-10-18(14)13-5-6-17(9-13)12-3-4-12/h7,10-13,16H,1-6,8-9H2. The van der Waals surface area contributed by atoms with Gasteiger partial charge in [-0.3, -0.25) is 4.90 Å². The van der Waals surface area contributed by atoms with Gasteiger partial charge in [0.05, 0.1) is 12.0 Å². The van der Waals surface area contributed by atoms with Crippen LogP contribution in [0.2, 0.25) is 0 Å². The molecule has 0 radical (unpaired) electrons. The maximum atomic E-state index is 4.36. The van der Waals surface area contributed by atoms with Crippen molar-refractivity contribution in [2.45, 2.75) is 56.8 Å². The van der Waals surface area contributed by atoms with Gasteiger partial charge in [0.15, 0.2) is 0 Å². The summed E-state index contributed by atoms with van der Waals surface area (Å²) in [5.41, 5.74) is 1.37. The third-order valence-electron chi connectivity index (χ3n) is 4.55. The van der Waals surface area contributed by atoms with E-state index in [0.29, 0.717) is 6.04 Å². The number of nitrogens with zero attached hydrogens (tertiary/aromatic N) is 3. The van der Waals surface area contributed by atoms with Crippen LogP contribution in [0.1, 0.15) is 43.8 Å². The average molecular weight is 246 g/mol. The first kappa shape index (κ1) is 11.0. The molecule has 18 heavy (non-hydrogen) atoms. The lowest BCUT2D eigenvalue weighted by atomic mass is 10.2. The third kappa shape index (κ3) is 2.19. The molecule has 0 amide bonds. The Morgan fingerprint density at radius 3 is 2.83 bits per heavy atom. The van der Waals surface area contributed by atoms with Gasteiger partial charge in [-0.1, -0.05) is 0 Å². The molecule has 1 aromatic heterocycles. The highest BCUT2D eigenvalue weighted by Gasteiger charge is 2.35. The van der Waals surface area contributed by atoms with Crippen molar-refractivity contribution in [2.75, 3.05) is 13.1 Å². The van der Waals surface area contributed by atoms with Gasteiger partial charge in [0.25, 0.3) is 0 Å². The van der Waals surface area contributed by atoms with Gasteiger partial charge < -0.3 is 9.88 Å². The molecule has 1 saturated heterocycles. The van der Waals surface area contributed by atoms with Crippen LogP contribution in [0.4, 0.5) is 0 Å². The van der Waals surface area contributed by atoms with Gasteiger partial charge in [-0.2, -0.15) is 0 Å². The van der Waals surface area contributed by atoms with Crippen molar-refractivity contribution in [3.8, 4) is 0 Å². The molecule has 1 aromatic rings. The highest BCUT2D eigenvalue weighted by Crippen LogP contribution is 2.33. The van der Waals surface area contributed by atoms with Crippen molar-refractivity contribution in [2.24, 2.45) is 0 Å².